The van der Waals surface area contributed by atoms with Crippen molar-refractivity contribution in [2.24, 2.45) is 0 Å². The van der Waals surface area contributed by atoms with Crippen LogP contribution in [0, 0.1) is 0 Å². The highest BCUT2D eigenvalue weighted by Gasteiger charge is 2.24. The van der Waals surface area contributed by atoms with Crippen molar-refractivity contribution in [2.75, 3.05) is 30.3 Å². The molecule has 0 aromatic heterocycles. The molecule has 0 aliphatic carbocycles. The van der Waals surface area contributed by atoms with Crippen molar-refractivity contribution in [3.63, 3.8) is 0 Å². The number of carbonyl (C=O) groups excluding carboxylic acids is 1. The van der Waals surface area contributed by atoms with Gasteiger partial charge in [0.1, 0.15) is 0 Å². The normalized spacial score (nSPS) is 30.2. The molecule has 2 fully saturated rings. The largest absolute Gasteiger partial charge is 0.351 e. The van der Waals surface area contributed by atoms with E-state index in [9.17, 15) is 4.79 Å². The van der Waals surface area contributed by atoms with Gasteiger partial charge in [0, 0.05) is 29.8 Å². The van der Waals surface area contributed by atoms with E-state index in [4.69, 9.17) is 0 Å². The molecule has 0 aromatic carbocycles. The third-order valence-electron chi connectivity index (χ3n) is 2.75. The number of hydrogen-bond acceptors (Lipinski definition) is 4. The average Bonchev–Trinajstić information content (AvgIpc) is 2.31. The van der Waals surface area contributed by atoms with Gasteiger partial charge in [0.15, 0.2) is 0 Å². The summed E-state index contributed by atoms with van der Waals surface area (Å²) in [4.78, 5) is 11.9. The molecule has 6 heteroatoms. The number of rotatable bonds is 2. The van der Waals surface area contributed by atoms with Gasteiger partial charge in [-0.05, 0) is 19.4 Å². The van der Waals surface area contributed by atoms with E-state index < -0.39 is 0 Å². The summed E-state index contributed by atoms with van der Waals surface area (Å²) in [5, 5.41) is 6.66. The molecule has 0 saturated carbocycles. The van der Waals surface area contributed by atoms with Crippen LogP contribution in [0.2, 0.25) is 0 Å². The number of hydrogen-bond donors (Lipinski definition) is 2. The molecule has 2 atom stereocenters. The van der Waals surface area contributed by atoms with E-state index in [1.165, 1.54) is 12.2 Å². The van der Waals surface area contributed by atoms with Crippen LogP contribution in [0.1, 0.15) is 12.8 Å². The number of carbonyl (C=O) groups is 1. The van der Waals surface area contributed by atoms with Crippen LogP contribution in [0.25, 0.3) is 0 Å². The molecule has 0 aromatic rings. The minimum atomic E-state index is 0. The molecule has 2 saturated heterocycles. The minimum absolute atomic E-state index is 0. The van der Waals surface area contributed by atoms with Gasteiger partial charge in [0.2, 0.25) is 5.91 Å². The molecule has 0 spiro atoms. The fourth-order valence-electron chi connectivity index (χ4n) is 1.91. The second-order valence-corrected chi connectivity index (χ2v) is 6.45. The zero-order valence-electron chi connectivity index (χ0n) is 9.24. The standard InChI is InChI=1S/C10H18N2OS2.ClH/c13-10(9-7-14-4-5-15-9)12-8-2-1-3-11-6-8;/h8-9,11H,1-7H2,(H,12,13);1H/t8-,9?;/m1./s1. The topological polar surface area (TPSA) is 41.1 Å². The van der Waals surface area contributed by atoms with Gasteiger partial charge in [-0.1, -0.05) is 0 Å². The first-order chi connectivity index (χ1) is 7.36. The second kappa shape index (κ2) is 7.69. The van der Waals surface area contributed by atoms with Crippen molar-refractivity contribution in [1.29, 1.82) is 0 Å². The van der Waals surface area contributed by atoms with Crippen LogP contribution in [-0.4, -0.2) is 47.5 Å². The average molecular weight is 283 g/mol. The van der Waals surface area contributed by atoms with E-state index in [2.05, 4.69) is 10.6 Å². The van der Waals surface area contributed by atoms with Crippen LogP contribution in [0.4, 0.5) is 0 Å². The summed E-state index contributed by atoms with van der Waals surface area (Å²) in [7, 11) is 0. The molecule has 2 aliphatic rings. The van der Waals surface area contributed by atoms with Crippen LogP contribution < -0.4 is 10.6 Å². The molecule has 94 valence electrons. The Balaban J connectivity index is 0.00000128. The fraction of sp³-hybridized carbons (Fsp3) is 0.900. The Kier molecular flexibility index (Phi) is 6.96. The van der Waals surface area contributed by atoms with Crippen molar-refractivity contribution in [2.45, 2.75) is 24.1 Å². The lowest BCUT2D eigenvalue weighted by molar-refractivity contribution is -0.121. The van der Waals surface area contributed by atoms with Gasteiger partial charge in [-0.2, -0.15) is 11.8 Å². The second-order valence-electron chi connectivity index (χ2n) is 3.99. The number of nitrogens with one attached hydrogen (secondary N) is 2. The van der Waals surface area contributed by atoms with Crippen molar-refractivity contribution in [3.05, 3.63) is 0 Å². The lowest BCUT2D eigenvalue weighted by Crippen LogP contribution is -2.49. The van der Waals surface area contributed by atoms with Crippen molar-refractivity contribution in [1.82, 2.24) is 10.6 Å². The third kappa shape index (κ3) is 4.35. The Morgan fingerprint density at radius 1 is 1.38 bits per heavy atom. The molecule has 2 N–H and O–H groups in total. The quantitative estimate of drug-likeness (QED) is 0.797. The number of thioether (sulfide) groups is 2. The van der Waals surface area contributed by atoms with E-state index in [0.29, 0.717) is 6.04 Å². The van der Waals surface area contributed by atoms with E-state index >= 15 is 0 Å². The highest BCUT2D eigenvalue weighted by Crippen LogP contribution is 2.24. The lowest BCUT2D eigenvalue weighted by Gasteiger charge is -2.27. The fourth-order valence-corrected chi connectivity index (χ4v) is 4.47. The molecule has 3 nitrogen and oxygen atoms in total. The Labute approximate surface area is 112 Å². The van der Waals surface area contributed by atoms with Gasteiger partial charge in [0.05, 0.1) is 5.25 Å². The van der Waals surface area contributed by atoms with E-state index in [-0.39, 0.29) is 23.6 Å². The van der Waals surface area contributed by atoms with E-state index in [0.717, 1.165) is 31.0 Å². The molecule has 2 heterocycles. The summed E-state index contributed by atoms with van der Waals surface area (Å²) in [5.41, 5.74) is 0. The zero-order valence-corrected chi connectivity index (χ0v) is 11.7. The van der Waals surface area contributed by atoms with Crippen molar-refractivity contribution < 1.29 is 4.79 Å². The first-order valence-electron chi connectivity index (χ1n) is 5.57. The van der Waals surface area contributed by atoms with Crippen LogP contribution in [0.3, 0.4) is 0 Å². The van der Waals surface area contributed by atoms with Crippen molar-refractivity contribution >= 4 is 41.8 Å². The number of piperidine rings is 1. The molecular weight excluding hydrogens is 264 g/mol. The first-order valence-corrected chi connectivity index (χ1v) is 7.77. The Morgan fingerprint density at radius 2 is 2.25 bits per heavy atom. The molecule has 16 heavy (non-hydrogen) atoms. The number of halogens is 1. The molecule has 2 rings (SSSR count). The predicted molar refractivity (Wildman–Crippen MR) is 74.9 cm³/mol. The van der Waals surface area contributed by atoms with Gasteiger partial charge >= 0.3 is 0 Å². The summed E-state index contributed by atoms with van der Waals surface area (Å²) in [6, 6.07) is 0.360. The molecular formula is C10H19ClN2OS2. The minimum Gasteiger partial charge on any atom is -0.351 e. The molecule has 0 radical (unpaired) electrons. The highest BCUT2D eigenvalue weighted by molar-refractivity contribution is 8.07. The van der Waals surface area contributed by atoms with Gasteiger partial charge in [-0.3, -0.25) is 4.79 Å². The van der Waals surface area contributed by atoms with Gasteiger partial charge in [-0.25, -0.2) is 0 Å². The lowest BCUT2D eigenvalue weighted by atomic mass is 10.1. The monoisotopic (exact) mass is 282 g/mol. The summed E-state index contributed by atoms with van der Waals surface area (Å²) < 4.78 is 0. The molecule has 2 aliphatic heterocycles. The van der Waals surface area contributed by atoms with Gasteiger partial charge in [-0.15, -0.1) is 24.2 Å². The summed E-state index contributed by atoms with van der Waals surface area (Å²) in [5.74, 6) is 3.54. The van der Waals surface area contributed by atoms with E-state index in [1.807, 2.05) is 11.8 Å². The van der Waals surface area contributed by atoms with Gasteiger partial charge in [0.25, 0.3) is 0 Å². The number of amides is 1. The van der Waals surface area contributed by atoms with E-state index in [1.54, 1.807) is 11.8 Å². The smallest absolute Gasteiger partial charge is 0.234 e. The third-order valence-corrected chi connectivity index (χ3v) is 5.51. The molecule has 1 unspecified atom stereocenters. The maximum Gasteiger partial charge on any atom is 0.234 e. The molecule has 0 bridgehead atoms. The maximum absolute atomic E-state index is 11.9. The zero-order chi connectivity index (χ0) is 10.5. The summed E-state index contributed by atoms with van der Waals surface area (Å²) >= 11 is 3.70. The maximum atomic E-state index is 11.9. The van der Waals surface area contributed by atoms with Crippen LogP contribution in [0.5, 0.6) is 0 Å². The van der Waals surface area contributed by atoms with Gasteiger partial charge < -0.3 is 10.6 Å². The van der Waals surface area contributed by atoms with Crippen LogP contribution in [0.15, 0.2) is 0 Å². The Bertz CT molecular complexity index is 219. The Hall–Kier alpha value is 0.420. The summed E-state index contributed by atoms with van der Waals surface area (Å²) in [6.07, 6.45) is 2.31. The van der Waals surface area contributed by atoms with Crippen LogP contribution in [-0.2, 0) is 4.79 Å². The predicted octanol–water partition coefficient (Wildman–Crippen LogP) is 1.12. The SMILES string of the molecule is Cl.O=C(N[C@@H]1CCCNC1)C1CSCCS1. The van der Waals surface area contributed by atoms with Crippen molar-refractivity contribution in [3.8, 4) is 0 Å². The first kappa shape index (κ1) is 14.5. The Morgan fingerprint density at radius 3 is 2.88 bits per heavy atom. The molecule has 1 amide bonds. The highest BCUT2D eigenvalue weighted by atomic mass is 35.5. The van der Waals surface area contributed by atoms with Crippen LogP contribution >= 0.6 is 35.9 Å². The summed E-state index contributed by atoms with van der Waals surface area (Å²) in [6.45, 7) is 2.04.